The molecule has 1 fully saturated rings. The van der Waals surface area contributed by atoms with Crippen LogP contribution in [0.1, 0.15) is 5.56 Å². The molecule has 1 N–H and O–H groups in total. The van der Waals surface area contributed by atoms with E-state index < -0.39 is 0 Å². The molecule has 5 rings (SSSR count). The molecule has 0 atom stereocenters. The van der Waals surface area contributed by atoms with E-state index in [9.17, 15) is 4.39 Å². The Labute approximate surface area is 197 Å². The van der Waals surface area contributed by atoms with Gasteiger partial charge in [-0.15, -0.1) is 0 Å². The van der Waals surface area contributed by atoms with E-state index in [0.29, 0.717) is 23.4 Å². The minimum atomic E-state index is -0.245. The number of anilines is 2. The van der Waals surface area contributed by atoms with Crippen molar-refractivity contribution in [2.75, 3.05) is 50.0 Å². The highest BCUT2D eigenvalue weighted by atomic mass is 32.2. The molecule has 6 nitrogen and oxygen atoms in total. The van der Waals surface area contributed by atoms with E-state index in [1.54, 1.807) is 17.8 Å². The molecule has 1 aromatic heterocycles. The molecule has 1 saturated heterocycles. The first-order valence-electron chi connectivity index (χ1n) is 11.0. The number of benzene rings is 2. The monoisotopic (exact) mass is 460 g/mol. The Kier molecular flexibility index (Phi) is 6.37. The van der Waals surface area contributed by atoms with Crippen molar-refractivity contribution in [3.8, 4) is 0 Å². The van der Waals surface area contributed by atoms with Gasteiger partial charge in [0.25, 0.3) is 0 Å². The predicted molar refractivity (Wildman–Crippen MR) is 133 cm³/mol. The van der Waals surface area contributed by atoms with Crippen LogP contribution in [0.4, 0.5) is 16.0 Å². The van der Waals surface area contributed by atoms with Gasteiger partial charge in [-0.2, -0.15) is 0 Å². The molecule has 168 valence electrons. The molecule has 0 amide bonds. The number of hydrogen-bond donors (Lipinski definition) is 1. The Morgan fingerprint density at radius 2 is 1.76 bits per heavy atom. The number of amidine groups is 1. The SMILES string of the molecule is CN1CCN(c2cc(NC3=NCC(c4cccc(F)c4)=C3)nc(Sc3ccccc3)n2)CC1. The van der Waals surface area contributed by atoms with E-state index in [2.05, 4.69) is 39.3 Å². The Balaban J connectivity index is 1.40. The highest BCUT2D eigenvalue weighted by Gasteiger charge is 2.19. The summed E-state index contributed by atoms with van der Waals surface area (Å²) in [6, 6.07) is 18.7. The molecule has 33 heavy (non-hydrogen) atoms. The third-order valence-electron chi connectivity index (χ3n) is 5.65. The van der Waals surface area contributed by atoms with Crippen LogP contribution in [-0.4, -0.2) is 60.5 Å². The van der Waals surface area contributed by atoms with Crippen molar-refractivity contribution in [2.45, 2.75) is 10.1 Å². The number of likely N-dealkylation sites (N-methyl/N-ethyl adjacent to an activating group) is 1. The third kappa shape index (κ3) is 5.40. The molecule has 0 spiro atoms. The summed E-state index contributed by atoms with van der Waals surface area (Å²) in [6.07, 6.45) is 1.95. The van der Waals surface area contributed by atoms with Gasteiger partial charge in [0.2, 0.25) is 0 Å². The van der Waals surface area contributed by atoms with Crippen LogP contribution in [0.2, 0.25) is 0 Å². The molecule has 2 aliphatic heterocycles. The van der Waals surface area contributed by atoms with E-state index in [1.165, 1.54) is 12.1 Å². The van der Waals surface area contributed by atoms with Gasteiger partial charge >= 0.3 is 0 Å². The van der Waals surface area contributed by atoms with Crippen LogP contribution >= 0.6 is 11.8 Å². The minimum absolute atomic E-state index is 0.245. The lowest BCUT2D eigenvalue weighted by atomic mass is 10.1. The van der Waals surface area contributed by atoms with Crippen LogP contribution in [0.3, 0.4) is 0 Å². The maximum atomic E-state index is 13.6. The number of piperazine rings is 1. The lowest BCUT2D eigenvalue weighted by Gasteiger charge is -2.33. The highest BCUT2D eigenvalue weighted by Crippen LogP contribution is 2.29. The second-order valence-corrected chi connectivity index (χ2v) is 9.15. The van der Waals surface area contributed by atoms with Gasteiger partial charge in [0.05, 0.1) is 6.54 Å². The zero-order valence-electron chi connectivity index (χ0n) is 18.4. The van der Waals surface area contributed by atoms with Gasteiger partial charge in [-0.1, -0.05) is 30.3 Å². The first-order valence-corrected chi connectivity index (χ1v) is 11.8. The van der Waals surface area contributed by atoms with Crippen molar-refractivity contribution in [1.29, 1.82) is 0 Å². The Morgan fingerprint density at radius 3 is 2.55 bits per heavy atom. The number of aliphatic imine (C=N–C) groups is 1. The van der Waals surface area contributed by atoms with Gasteiger partial charge < -0.3 is 15.1 Å². The molecule has 2 aromatic carbocycles. The van der Waals surface area contributed by atoms with Crippen LogP contribution in [0, 0.1) is 5.82 Å². The zero-order chi connectivity index (χ0) is 22.6. The summed E-state index contributed by atoms with van der Waals surface area (Å²) in [5.41, 5.74) is 1.82. The largest absolute Gasteiger partial charge is 0.354 e. The van der Waals surface area contributed by atoms with Crippen molar-refractivity contribution in [3.05, 3.63) is 78.1 Å². The smallest absolute Gasteiger partial charge is 0.196 e. The van der Waals surface area contributed by atoms with E-state index in [0.717, 1.165) is 48.0 Å². The fourth-order valence-electron chi connectivity index (χ4n) is 3.81. The standard InChI is InChI=1S/C25H25FN6S/c1-31-10-12-32(13-11-31)24-16-23(29-25(30-24)33-21-8-3-2-4-9-21)28-22-15-19(17-27-22)18-6-5-7-20(26)14-18/h2-9,14-16H,10-13,17H2,1H3,(H,27,28,29,30). The molecule has 8 heteroatoms. The summed E-state index contributed by atoms with van der Waals surface area (Å²) in [5.74, 6) is 2.08. The van der Waals surface area contributed by atoms with Gasteiger partial charge in [0.15, 0.2) is 5.16 Å². The summed E-state index contributed by atoms with van der Waals surface area (Å²) in [6.45, 7) is 4.36. The number of hydrogen-bond acceptors (Lipinski definition) is 7. The fraction of sp³-hybridized carbons (Fsp3) is 0.240. The van der Waals surface area contributed by atoms with E-state index in [1.807, 2.05) is 36.4 Å². The molecule has 3 heterocycles. The average Bonchev–Trinajstić information content (AvgIpc) is 3.28. The Morgan fingerprint density at radius 1 is 0.939 bits per heavy atom. The molecule has 0 saturated carbocycles. The molecule has 0 bridgehead atoms. The van der Waals surface area contributed by atoms with Crippen molar-refractivity contribution in [3.63, 3.8) is 0 Å². The number of rotatable bonds is 5. The molecular formula is C25H25FN6S. The summed E-state index contributed by atoms with van der Waals surface area (Å²) >= 11 is 1.54. The van der Waals surface area contributed by atoms with Gasteiger partial charge in [0, 0.05) is 37.1 Å². The fourth-order valence-corrected chi connectivity index (χ4v) is 4.60. The summed E-state index contributed by atoms with van der Waals surface area (Å²) in [7, 11) is 2.14. The van der Waals surface area contributed by atoms with Crippen LogP contribution < -0.4 is 10.2 Å². The molecule has 2 aliphatic rings. The lowest BCUT2D eigenvalue weighted by Crippen LogP contribution is -2.44. The van der Waals surface area contributed by atoms with Crippen LogP contribution in [0.5, 0.6) is 0 Å². The topological polar surface area (TPSA) is 56.6 Å². The first kappa shape index (κ1) is 21.6. The van der Waals surface area contributed by atoms with Crippen LogP contribution in [-0.2, 0) is 0 Å². The summed E-state index contributed by atoms with van der Waals surface area (Å²) < 4.78 is 13.6. The van der Waals surface area contributed by atoms with Gasteiger partial charge in [-0.25, -0.2) is 14.4 Å². The normalized spacial score (nSPS) is 16.5. The molecule has 3 aromatic rings. The molecule has 0 aliphatic carbocycles. The lowest BCUT2D eigenvalue weighted by molar-refractivity contribution is 0.312. The van der Waals surface area contributed by atoms with Crippen molar-refractivity contribution >= 4 is 34.8 Å². The number of nitrogens with zero attached hydrogens (tertiary/aromatic N) is 5. The van der Waals surface area contributed by atoms with Crippen LogP contribution in [0.25, 0.3) is 5.57 Å². The van der Waals surface area contributed by atoms with E-state index >= 15 is 0 Å². The van der Waals surface area contributed by atoms with E-state index in [-0.39, 0.29) is 5.82 Å². The summed E-state index contributed by atoms with van der Waals surface area (Å²) in [5, 5.41) is 4.04. The third-order valence-corrected chi connectivity index (χ3v) is 6.53. The Bertz CT molecular complexity index is 1190. The number of halogens is 1. The average molecular weight is 461 g/mol. The number of aromatic nitrogens is 2. The second-order valence-electron chi connectivity index (χ2n) is 8.11. The van der Waals surface area contributed by atoms with Crippen molar-refractivity contribution in [1.82, 2.24) is 14.9 Å². The van der Waals surface area contributed by atoms with Gasteiger partial charge in [0.1, 0.15) is 23.3 Å². The Hall–Kier alpha value is -3.23. The molecule has 0 radical (unpaired) electrons. The second kappa shape index (κ2) is 9.72. The quantitative estimate of drug-likeness (QED) is 0.569. The number of nitrogens with one attached hydrogen (secondary N) is 1. The minimum Gasteiger partial charge on any atom is -0.354 e. The zero-order valence-corrected chi connectivity index (χ0v) is 19.2. The van der Waals surface area contributed by atoms with Crippen LogP contribution in [0.15, 0.2) is 81.8 Å². The van der Waals surface area contributed by atoms with Gasteiger partial charge in [-0.3, -0.25) is 4.99 Å². The molecular weight excluding hydrogens is 435 g/mol. The van der Waals surface area contributed by atoms with Crippen molar-refractivity contribution in [2.24, 2.45) is 4.99 Å². The van der Waals surface area contributed by atoms with Crippen molar-refractivity contribution < 1.29 is 4.39 Å². The summed E-state index contributed by atoms with van der Waals surface area (Å²) in [4.78, 5) is 19.9. The maximum Gasteiger partial charge on any atom is 0.196 e. The maximum absolute atomic E-state index is 13.6. The highest BCUT2D eigenvalue weighted by molar-refractivity contribution is 7.99. The van der Waals surface area contributed by atoms with E-state index in [4.69, 9.17) is 9.97 Å². The predicted octanol–water partition coefficient (Wildman–Crippen LogP) is 4.43. The van der Waals surface area contributed by atoms with Gasteiger partial charge in [-0.05, 0) is 60.3 Å². The molecule has 0 unspecified atom stereocenters. The first-order chi connectivity index (χ1) is 16.1.